The van der Waals surface area contributed by atoms with Crippen LogP contribution in [0.5, 0.6) is 0 Å². The van der Waals surface area contributed by atoms with Crippen LogP contribution in [-0.4, -0.2) is 6.54 Å². The molecule has 1 aliphatic rings. The lowest BCUT2D eigenvalue weighted by Crippen LogP contribution is -2.29. The number of rotatable bonds is 2. The molecule has 0 fully saturated rings. The number of fused-ring (bicyclic) bond motifs is 6. The average molecular weight is 373 g/mol. The fourth-order valence-electron chi connectivity index (χ4n) is 5.04. The first kappa shape index (κ1) is 16.8. The minimum Gasteiger partial charge on any atom is -0.312 e. The Balaban J connectivity index is 1.47. The molecule has 0 spiro atoms. The number of nitrogens with one attached hydrogen (secondary N) is 1. The van der Waals surface area contributed by atoms with Crippen molar-refractivity contribution >= 4 is 32.3 Å². The van der Waals surface area contributed by atoms with Crippen LogP contribution < -0.4 is 5.32 Å². The molecule has 140 valence electrons. The van der Waals surface area contributed by atoms with Crippen molar-refractivity contribution in [3.05, 3.63) is 108 Å². The molecule has 5 aromatic rings. The van der Waals surface area contributed by atoms with E-state index >= 15 is 0 Å². The van der Waals surface area contributed by atoms with Crippen molar-refractivity contribution in [2.45, 2.75) is 18.9 Å². The third kappa shape index (κ3) is 2.82. The Kier molecular flexibility index (Phi) is 3.88. The van der Waals surface area contributed by atoms with Gasteiger partial charge in [0.2, 0.25) is 0 Å². The summed E-state index contributed by atoms with van der Waals surface area (Å²) in [5.74, 6) is 0.535. The van der Waals surface area contributed by atoms with E-state index in [1.807, 2.05) is 0 Å². The summed E-state index contributed by atoms with van der Waals surface area (Å²) in [6.07, 6.45) is 1.07. The van der Waals surface area contributed by atoms with Crippen molar-refractivity contribution in [3.63, 3.8) is 0 Å². The highest BCUT2D eigenvalue weighted by molar-refractivity contribution is 6.17. The summed E-state index contributed by atoms with van der Waals surface area (Å²) < 4.78 is 0. The number of hydrogen-bond acceptors (Lipinski definition) is 1. The molecule has 1 aliphatic heterocycles. The van der Waals surface area contributed by atoms with Crippen molar-refractivity contribution in [2.24, 2.45) is 0 Å². The molecule has 1 heteroatoms. The molecule has 0 aliphatic carbocycles. The third-order valence-electron chi connectivity index (χ3n) is 6.49. The lowest BCUT2D eigenvalue weighted by atomic mass is 9.85. The van der Waals surface area contributed by atoms with Gasteiger partial charge in [-0.1, -0.05) is 91.0 Å². The Bertz CT molecular complexity index is 1370. The van der Waals surface area contributed by atoms with Crippen LogP contribution in [0.25, 0.3) is 32.3 Å². The number of hydrogen-bond donors (Lipinski definition) is 1. The van der Waals surface area contributed by atoms with Gasteiger partial charge in [0.15, 0.2) is 0 Å². The van der Waals surface area contributed by atoms with E-state index in [0.717, 1.165) is 19.5 Å². The van der Waals surface area contributed by atoms with Gasteiger partial charge in [-0.15, -0.1) is 0 Å². The molecule has 6 rings (SSSR count). The number of benzene rings is 5. The van der Waals surface area contributed by atoms with E-state index in [2.05, 4.69) is 96.3 Å². The molecule has 1 N–H and O–H groups in total. The van der Waals surface area contributed by atoms with E-state index in [0.29, 0.717) is 5.92 Å². The molecule has 0 saturated heterocycles. The third-order valence-corrected chi connectivity index (χ3v) is 6.49. The van der Waals surface area contributed by atoms with Crippen molar-refractivity contribution in [1.82, 2.24) is 5.32 Å². The van der Waals surface area contributed by atoms with Crippen molar-refractivity contribution in [3.8, 4) is 0 Å². The zero-order chi connectivity index (χ0) is 19.2. The van der Waals surface area contributed by atoms with Crippen molar-refractivity contribution in [1.29, 1.82) is 0 Å². The van der Waals surface area contributed by atoms with E-state index in [1.54, 1.807) is 0 Å². The summed E-state index contributed by atoms with van der Waals surface area (Å²) in [4.78, 5) is 0. The Morgan fingerprint density at radius 3 is 2.31 bits per heavy atom. The monoisotopic (exact) mass is 373 g/mol. The smallest absolute Gasteiger partial charge is 0.0208 e. The molecule has 5 aromatic carbocycles. The quantitative estimate of drug-likeness (QED) is 0.345. The standard InChI is InChI=1S/C28H23N/c1-4-8-25-20(5-1)11-14-27-26(25)13-12-21-10-9-19(16-28(21)27)15-23-18-29-17-22-6-2-3-7-24(22)23/h1-14,16,23,29H,15,17-18H2. The molecule has 29 heavy (non-hydrogen) atoms. The van der Waals surface area contributed by atoms with E-state index < -0.39 is 0 Å². The summed E-state index contributed by atoms with van der Waals surface area (Å²) >= 11 is 0. The second-order valence-corrected chi connectivity index (χ2v) is 8.23. The van der Waals surface area contributed by atoms with E-state index in [9.17, 15) is 0 Å². The Morgan fingerprint density at radius 2 is 1.38 bits per heavy atom. The summed E-state index contributed by atoms with van der Waals surface area (Å²) in [6, 6.07) is 33.7. The van der Waals surface area contributed by atoms with Gasteiger partial charge in [-0.05, 0) is 55.4 Å². The van der Waals surface area contributed by atoms with Crippen LogP contribution in [-0.2, 0) is 13.0 Å². The predicted molar refractivity (Wildman–Crippen MR) is 124 cm³/mol. The second kappa shape index (κ2) is 6.72. The molecule has 1 atom stereocenters. The summed E-state index contributed by atoms with van der Waals surface area (Å²) in [6.45, 7) is 2.04. The molecule has 0 aromatic heterocycles. The first-order valence-electron chi connectivity index (χ1n) is 10.5. The maximum atomic E-state index is 3.60. The summed E-state index contributed by atoms with van der Waals surface area (Å²) in [5, 5.41) is 11.6. The summed E-state index contributed by atoms with van der Waals surface area (Å²) in [5.41, 5.74) is 4.37. The lowest BCUT2D eigenvalue weighted by molar-refractivity contribution is 0.539. The largest absolute Gasteiger partial charge is 0.312 e. The van der Waals surface area contributed by atoms with Gasteiger partial charge in [0.1, 0.15) is 0 Å². The molecule has 1 unspecified atom stereocenters. The Hall–Kier alpha value is -3.16. The molecule has 1 heterocycles. The van der Waals surface area contributed by atoms with Crippen LogP contribution in [0.15, 0.2) is 91.0 Å². The SMILES string of the molecule is c1ccc2c(c1)CNCC2Cc1ccc2ccc3c4ccccc4ccc3c2c1. The minimum absolute atomic E-state index is 0.535. The van der Waals surface area contributed by atoms with Crippen molar-refractivity contribution < 1.29 is 0 Å². The average Bonchev–Trinajstić information content (AvgIpc) is 2.79. The molecule has 0 saturated carbocycles. The van der Waals surface area contributed by atoms with E-state index in [4.69, 9.17) is 0 Å². The van der Waals surface area contributed by atoms with Crippen LogP contribution >= 0.6 is 0 Å². The zero-order valence-corrected chi connectivity index (χ0v) is 16.4. The highest BCUT2D eigenvalue weighted by atomic mass is 14.9. The van der Waals surface area contributed by atoms with Crippen LogP contribution in [0.1, 0.15) is 22.6 Å². The molecule has 0 radical (unpaired) electrons. The molecular weight excluding hydrogens is 350 g/mol. The van der Waals surface area contributed by atoms with Gasteiger partial charge in [0, 0.05) is 19.0 Å². The van der Waals surface area contributed by atoms with E-state index in [1.165, 1.54) is 49.0 Å². The second-order valence-electron chi connectivity index (χ2n) is 8.23. The maximum Gasteiger partial charge on any atom is 0.0208 e. The van der Waals surface area contributed by atoms with Crippen LogP contribution in [0, 0.1) is 0 Å². The normalized spacial score (nSPS) is 16.3. The van der Waals surface area contributed by atoms with Gasteiger partial charge in [-0.2, -0.15) is 0 Å². The topological polar surface area (TPSA) is 12.0 Å². The predicted octanol–water partition coefficient (Wildman–Crippen LogP) is 6.58. The molecule has 0 amide bonds. The van der Waals surface area contributed by atoms with Gasteiger partial charge >= 0.3 is 0 Å². The highest BCUT2D eigenvalue weighted by Gasteiger charge is 2.19. The van der Waals surface area contributed by atoms with Gasteiger partial charge in [-0.25, -0.2) is 0 Å². The van der Waals surface area contributed by atoms with Crippen LogP contribution in [0.2, 0.25) is 0 Å². The first-order valence-corrected chi connectivity index (χ1v) is 10.5. The van der Waals surface area contributed by atoms with Crippen molar-refractivity contribution in [2.75, 3.05) is 6.54 Å². The highest BCUT2D eigenvalue weighted by Crippen LogP contribution is 2.33. The molecule has 1 nitrogen and oxygen atoms in total. The van der Waals surface area contributed by atoms with Crippen LogP contribution in [0.4, 0.5) is 0 Å². The Morgan fingerprint density at radius 1 is 0.655 bits per heavy atom. The molecular formula is C28H23N. The Labute approximate surface area is 171 Å². The van der Waals surface area contributed by atoms with Gasteiger partial charge < -0.3 is 5.32 Å². The van der Waals surface area contributed by atoms with Gasteiger partial charge in [0.05, 0.1) is 0 Å². The maximum absolute atomic E-state index is 3.60. The fourth-order valence-corrected chi connectivity index (χ4v) is 5.04. The fraction of sp³-hybridized carbons (Fsp3) is 0.143. The summed E-state index contributed by atoms with van der Waals surface area (Å²) in [7, 11) is 0. The van der Waals surface area contributed by atoms with Crippen LogP contribution in [0.3, 0.4) is 0 Å². The lowest BCUT2D eigenvalue weighted by Gasteiger charge is -2.26. The first-order chi connectivity index (χ1) is 14.4. The zero-order valence-electron chi connectivity index (χ0n) is 16.4. The van der Waals surface area contributed by atoms with E-state index in [-0.39, 0.29) is 0 Å². The minimum atomic E-state index is 0.535. The van der Waals surface area contributed by atoms with Gasteiger partial charge in [0.25, 0.3) is 0 Å². The van der Waals surface area contributed by atoms with Gasteiger partial charge in [-0.3, -0.25) is 0 Å². The molecule has 0 bridgehead atoms.